The number of rotatable bonds is 4. The van der Waals surface area contributed by atoms with Gasteiger partial charge in [0.15, 0.2) is 0 Å². The third-order valence-corrected chi connectivity index (χ3v) is 3.71. The van der Waals surface area contributed by atoms with E-state index < -0.39 is 0 Å². The van der Waals surface area contributed by atoms with E-state index in [9.17, 15) is 0 Å². The second-order valence-corrected chi connectivity index (χ2v) is 5.52. The fourth-order valence-electron chi connectivity index (χ4n) is 1.82. The van der Waals surface area contributed by atoms with Crippen molar-refractivity contribution in [2.45, 2.75) is 24.6 Å². The van der Waals surface area contributed by atoms with Crippen LogP contribution >= 0.6 is 11.8 Å². The number of thioether (sulfide) groups is 1. The molecule has 0 amide bonds. The van der Waals surface area contributed by atoms with Gasteiger partial charge in [0.1, 0.15) is 5.84 Å². The highest BCUT2D eigenvalue weighted by Gasteiger charge is 2.01. The Balaban J connectivity index is 2.03. The van der Waals surface area contributed by atoms with Crippen molar-refractivity contribution in [3.63, 3.8) is 0 Å². The maximum Gasteiger partial charge on any atom is 0.122 e. The first-order valence-corrected chi connectivity index (χ1v) is 7.04. The summed E-state index contributed by atoms with van der Waals surface area (Å²) in [6.07, 6.45) is 0. The number of nitrogen functional groups attached to an aromatic ring is 1. The van der Waals surface area contributed by atoms with Crippen LogP contribution < -0.4 is 5.73 Å². The highest BCUT2D eigenvalue weighted by Crippen LogP contribution is 2.22. The van der Waals surface area contributed by atoms with Crippen LogP contribution in [0.4, 0.5) is 0 Å². The highest BCUT2D eigenvalue weighted by molar-refractivity contribution is 7.98. The largest absolute Gasteiger partial charge is 0.384 e. The zero-order chi connectivity index (χ0) is 13.8. The molecular formula is C15H17N3S. The second kappa shape index (κ2) is 5.89. The summed E-state index contributed by atoms with van der Waals surface area (Å²) in [6, 6.07) is 12.0. The van der Waals surface area contributed by atoms with Crippen LogP contribution in [0.3, 0.4) is 0 Å². The molecule has 3 nitrogen and oxygen atoms in total. The minimum atomic E-state index is 0.107. The topological polar surface area (TPSA) is 62.8 Å². The van der Waals surface area contributed by atoms with Gasteiger partial charge in [-0.3, -0.25) is 5.41 Å². The summed E-state index contributed by atoms with van der Waals surface area (Å²) in [7, 11) is 0. The van der Waals surface area contributed by atoms with Crippen LogP contribution in [-0.2, 0) is 5.75 Å². The summed E-state index contributed by atoms with van der Waals surface area (Å²) in [4.78, 5) is 4.50. The quantitative estimate of drug-likeness (QED) is 0.509. The maximum absolute atomic E-state index is 7.35. The monoisotopic (exact) mass is 271 g/mol. The molecule has 98 valence electrons. The zero-order valence-corrected chi connectivity index (χ0v) is 11.9. The number of hydrogen-bond acceptors (Lipinski definition) is 3. The number of nitrogens with zero attached hydrogens (tertiary/aromatic N) is 1. The molecule has 0 fully saturated rings. The van der Waals surface area contributed by atoms with Crippen molar-refractivity contribution >= 4 is 17.6 Å². The molecule has 0 bridgehead atoms. The minimum absolute atomic E-state index is 0.107. The predicted molar refractivity (Wildman–Crippen MR) is 80.7 cm³/mol. The van der Waals surface area contributed by atoms with Crippen LogP contribution in [0, 0.1) is 19.3 Å². The van der Waals surface area contributed by atoms with Crippen LogP contribution in [0.25, 0.3) is 0 Å². The number of hydrogen-bond donors (Lipinski definition) is 2. The van der Waals surface area contributed by atoms with E-state index in [1.165, 1.54) is 11.1 Å². The Morgan fingerprint density at radius 3 is 2.47 bits per heavy atom. The Morgan fingerprint density at radius 2 is 1.89 bits per heavy atom. The van der Waals surface area contributed by atoms with Gasteiger partial charge in [-0.2, -0.15) is 0 Å². The van der Waals surface area contributed by atoms with Crippen molar-refractivity contribution in [2.24, 2.45) is 5.73 Å². The number of amidine groups is 1. The minimum Gasteiger partial charge on any atom is -0.384 e. The van der Waals surface area contributed by atoms with E-state index in [2.05, 4.69) is 24.0 Å². The zero-order valence-electron chi connectivity index (χ0n) is 11.1. The van der Waals surface area contributed by atoms with Gasteiger partial charge in [-0.1, -0.05) is 24.3 Å². The second-order valence-electron chi connectivity index (χ2n) is 4.52. The first-order chi connectivity index (χ1) is 9.04. The average molecular weight is 271 g/mol. The Kier molecular flexibility index (Phi) is 4.22. The van der Waals surface area contributed by atoms with E-state index in [4.69, 9.17) is 11.1 Å². The van der Waals surface area contributed by atoms with Gasteiger partial charge in [-0.25, -0.2) is 4.98 Å². The molecule has 1 aromatic heterocycles. The Hall–Kier alpha value is -1.81. The first kappa shape index (κ1) is 13.6. The van der Waals surface area contributed by atoms with Crippen LogP contribution in [0.5, 0.6) is 0 Å². The number of benzene rings is 1. The average Bonchev–Trinajstić information content (AvgIpc) is 2.36. The summed E-state index contributed by atoms with van der Waals surface area (Å²) in [5, 5.41) is 8.40. The number of pyridine rings is 1. The van der Waals surface area contributed by atoms with Crippen molar-refractivity contribution in [3.05, 3.63) is 58.8 Å². The fraction of sp³-hybridized carbons (Fsp3) is 0.200. The van der Waals surface area contributed by atoms with Gasteiger partial charge in [-0.05, 0) is 37.1 Å². The van der Waals surface area contributed by atoms with E-state index in [0.29, 0.717) is 0 Å². The van der Waals surface area contributed by atoms with Crippen molar-refractivity contribution in [1.29, 1.82) is 5.41 Å². The van der Waals surface area contributed by atoms with Crippen molar-refractivity contribution in [2.75, 3.05) is 0 Å². The Labute approximate surface area is 117 Å². The molecule has 1 heterocycles. The molecule has 3 N–H and O–H groups in total. The van der Waals surface area contributed by atoms with Gasteiger partial charge in [0.25, 0.3) is 0 Å². The Morgan fingerprint density at radius 1 is 1.21 bits per heavy atom. The van der Waals surface area contributed by atoms with Crippen LogP contribution in [0.15, 0.2) is 41.4 Å². The SMILES string of the molecule is Cc1cc(C)nc(SCc2ccc(C(=N)N)cc2)c1. The molecule has 0 aliphatic heterocycles. The van der Waals surface area contributed by atoms with E-state index in [-0.39, 0.29) is 5.84 Å². The molecule has 0 saturated heterocycles. The smallest absolute Gasteiger partial charge is 0.122 e. The van der Waals surface area contributed by atoms with E-state index >= 15 is 0 Å². The molecule has 0 radical (unpaired) electrons. The van der Waals surface area contributed by atoms with Crippen LogP contribution in [-0.4, -0.2) is 10.8 Å². The normalized spacial score (nSPS) is 10.4. The van der Waals surface area contributed by atoms with Crippen molar-refractivity contribution < 1.29 is 0 Å². The van der Waals surface area contributed by atoms with E-state index in [1.54, 1.807) is 11.8 Å². The molecule has 0 aliphatic rings. The maximum atomic E-state index is 7.35. The highest BCUT2D eigenvalue weighted by atomic mass is 32.2. The summed E-state index contributed by atoms with van der Waals surface area (Å²) < 4.78 is 0. The van der Waals surface area contributed by atoms with Gasteiger partial charge in [0.2, 0.25) is 0 Å². The van der Waals surface area contributed by atoms with E-state index in [1.807, 2.05) is 31.2 Å². The number of nitrogens with two attached hydrogens (primary N) is 1. The van der Waals surface area contributed by atoms with Crippen molar-refractivity contribution in [1.82, 2.24) is 4.98 Å². The third kappa shape index (κ3) is 3.83. The number of aryl methyl sites for hydroxylation is 2. The van der Waals surface area contributed by atoms with Gasteiger partial charge < -0.3 is 5.73 Å². The lowest BCUT2D eigenvalue weighted by Crippen LogP contribution is -2.10. The summed E-state index contributed by atoms with van der Waals surface area (Å²) in [5.41, 5.74) is 9.69. The summed E-state index contributed by atoms with van der Waals surface area (Å²) >= 11 is 1.72. The predicted octanol–water partition coefficient (Wildman–Crippen LogP) is 3.27. The molecule has 1 aromatic carbocycles. The van der Waals surface area contributed by atoms with Crippen molar-refractivity contribution in [3.8, 4) is 0 Å². The number of aromatic nitrogens is 1. The molecule has 0 spiro atoms. The fourth-order valence-corrected chi connectivity index (χ4v) is 2.80. The lowest BCUT2D eigenvalue weighted by Gasteiger charge is -2.05. The van der Waals surface area contributed by atoms with Gasteiger partial charge in [0, 0.05) is 17.0 Å². The summed E-state index contributed by atoms with van der Waals surface area (Å²) in [5.74, 6) is 0.976. The Bertz CT molecular complexity index is 571. The number of nitrogens with one attached hydrogen (secondary N) is 1. The lowest BCUT2D eigenvalue weighted by molar-refractivity contribution is 1.05. The van der Waals surface area contributed by atoms with Crippen LogP contribution in [0.2, 0.25) is 0 Å². The molecule has 19 heavy (non-hydrogen) atoms. The molecule has 0 atom stereocenters. The van der Waals surface area contributed by atoms with E-state index in [0.717, 1.165) is 22.0 Å². The van der Waals surface area contributed by atoms with Gasteiger partial charge in [-0.15, -0.1) is 11.8 Å². The summed E-state index contributed by atoms with van der Waals surface area (Å²) in [6.45, 7) is 4.10. The molecular weight excluding hydrogens is 254 g/mol. The molecule has 2 rings (SSSR count). The standard InChI is InChI=1S/C15H17N3S/c1-10-7-11(2)18-14(8-10)19-9-12-3-5-13(6-4-12)15(16)17/h3-8H,9H2,1-2H3,(H3,16,17). The molecule has 2 aromatic rings. The molecule has 4 heteroatoms. The first-order valence-electron chi connectivity index (χ1n) is 6.06. The lowest BCUT2D eigenvalue weighted by atomic mass is 10.1. The van der Waals surface area contributed by atoms with Gasteiger partial charge >= 0.3 is 0 Å². The third-order valence-electron chi connectivity index (χ3n) is 2.73. The molecule has 0 aliphatic carbocycles. The van der Waals surface area contributed by atoms with Crippen LogP contribution in [0.1, 0.15) is 22.4 Å². The molecule has 0 saturated carbocycles. The molecule has 0 unspecified atom stereocenters. The van der Waals surface area contributed by atoms with Gasteiger partial charge in [0.05, 0.1) is 5.03 Å².